The largest absolute Gasteiger partial charge is 0.493 e. The summed E-state index contributed by atoms with van der Waals surface area (Å²) in [6.07, 6.45) is 9.03. The third-order valence-electron chi connectivity index (χ3n) is 6.54. The quantitative estimate of drug-likeness (QED) is 0.285. The first kappa shape index (κ1) is 24.9. The molecule has 0 atom stereocenters. The number of aryl methyl sites for hydroxylation is 2. The molecule has 0 bridgehead atoms. The van der Waals surface area contributed by atoms with Crippen LogP contribution in [0.4, 0.5) is 0 Å². The Bertz CT molecular complexity index is 1110. The minimum Gasteiger partial charge on any atom is -0.493 e. The molecule has 0 unspecified atom stereocenters. The zero-order valence-electron chi connectivity index (χ0n) is 21.0. The van der Waals surface area contributed by atoms with Gasteiger partial charge in [-0.25, -0.2) is 0 Å². The van der Waals surface area contributed by atoms with E-state index in [1.54, 1.807) is 14.2 Å². The van der Waals surface area contributed by atoms with Crippen molar-refractivity contribution in [3.05, 3.63) is 94.6 Å². The minimum absolute atomic E-state index is 0.607. The Morgan fingerprint density at radius 2 is 1.49 bits per heavy atom. The maximum atomic E-state index is 5.96. The lowest BCUT2D eigenvalue weighted by atomic mass is 9.89. The van der Waals surface area contributed by atoms with Crippen LogP contribution < -0.4 is 19.5 Å². The summed E-state index contributed by atoms with van der Waals surface area (Å²) in [4.78, 5) is 0. The Morgan fingerprint density at radius 1 is 0.743 bits per heavy atom. The molecule has 1 aliphatic rings. The van der Waals surface area contributed by atoms with Gasteiger partial charge in [-0.15, -0.1) is 0 Å². The van der Waals surface area contributed by atoms with Crippen LogP contribution in [0.5, 0.6) is 17.2 Å². The molecule has 3 aromatic rings. The number of fused-ring (bicyclic) bond motifs is 1. The predicted octanol–water partition coefficient (Wildman–Crippen LogP) is 6.62. The second-order valence-electron chi connectivity index (χ2n) is 9.09. The SMILES string of the molecule is COc1cc2c(cc1OC)CCC(CCCNCCCc1cccc(OCc3ccccc3)c1)=C2. The fourth-order valence-corrected chi connectivity index (χ4v) is 4.59. The highest BCUT2D eigenvalue weighted by molar-refractivity contribution is 5.64. The molecule has 4 heteroatoms. The molecule has 0 radical (unpaired) electrons. The Morgan fingerprint density at radius 3 is 2.29 bits per heavy atom. The number of benzene rings is 3. The van der Waals surface area contributed by atoms with Gasteiger partial charge < -0.3 is 19.5 Å². The van der Waals surface area contributed by atoms with E-state index in [0.717, 1.165) is 68.9 Å². The van der Waals surface area contributed by atoms with E-state index in [2.05, 4.69) is 53.9 Å². The van der Waals surface area contributed by atoms with Crippen LogP contribution in [0.1, 0.15) is 47.9 Å². The number of allylic oxidation sites excluding steroid dienone is 1. The van der Waals surface area contributed by atoms with Crippen LogP contribution >= 0.6 is 0 Å². The molecule has 4 nitrogen and oxygen atoms in total. The van der Waals surface area contributed by atoms with Crippen molar-refractivity contribution in [2.45, 2.75) is 45.1 Å². The van der Waals surface area contributed by atoms with Crippen LogP contribution in [-0.2, 0) is 19.4 Å². The molecule has 0 aromatic heterocycles. The van der Waals surface area contributed by atoms with E-state index in [1.165, 1.54) is 27.8 Å². The van der Waals surface area contributed by atoms with Crippen molar-refractivity contribution in [1.29, 1.82) is 0 Å². The van der Waals surface area contributed by atoms with Gasteiger partial charge in [0.2, 0.25) is 0 Å². The average molecular weight is 472 g/mol. The van der Waals surface area contributed by atoms with Gasteiger partial charge in [0.1, 0.15) is 12.4 Å². The van der Waals surface area contributed by atoms with Gasteiger partial charge >= 0.3 is 0 Å². The van der Waals surface area contributed by atoms with Crippen LogP contribution in [0.25, 0.3) is 6.08 Å². The Hall–Kier alpha value is -3.24. The molecular formula is C31H37NO3. The average Bonchev–Trinajstić information content (AvgIpc) is 2.91. The highest BCUT2D eigenvalue weighted by atomic mass is 16.5. The van der Waals surface area contributed by atoms with Gasteiger partial charge in [0.15, 0.2) is 11.5 Å². The summed E-state index contributed by atoms with van der Waals surface area (Å²) in [5.74, 6) is 2.56. The lowest BCUT2D eigenvalue weighted by Crippen LogP contribution is -2.17. The van der Waals surface area contributed by atoms with Crippen molar-refractivity contribution in [3.63, 3.8) is 0 Å². The summed E-state index contributed by atoms with van der Waals surface area (Å²) >= 11 is 0. The van der Waals surface area contributed by atoms with Crippen molar-refractivity contribution in [1.82, 2.24) is 5.32 Å². The van der Waals surface area contributed by atoms with E-state index in [0.29, 0.717) is 6.61 Å². The highest BCUT2D eigenvalue weighted by Gasteiger charge is 2.15. The van der Waals surface area contributed by atoms with Crippen molar-refractivity contribution in [2.75, 3.05) is 27.3 Å². The zero-order chi connectivity index (χ0) is 24.3. The molecule has 0 amide bonds. The normalized spacial score (nSPS) is 12.6. The fourth-order valence-electron chi connectivity index (χ4n) is 4.59. The number of hydrogen-bond donors (Lipinski definition) is 1. The fraction of sp³-hybridized carbons (Fsp3) is 0.355. The molecule has 0 saturated heterocycles. The molecule has 0 fully saturated rings. The number of rotatable bonds is 13. The van der Waals surface area contributed by atoms with Gasteiger partial charge in [-0.1, -0.05) is 54.1 Å². The smallest absolute Gasteiger partial charge is 0.161 e. The van der Waals surface area contributed by atoms with Crippen molar-refractivity contribution in [2.24, 2.45) is 0 Å². The van der Waals surface area contributed by atoms with Crippen LogP contribution in [0.2, 0.25) is 0 Å². The van der Waals surface area contributed by atoms with Gasteiger partial charge in [-0.2, -0.15) is 0 Å². The molecule has 1 N–H and O–H groups in total. The standard InChI is InChI=1S/C31H37NO3/c1-33-30-21-27-16-15-25(19-28(27)22-31(30)34-2)13-8-18-32-17-7-12-24-11-6-14-29(20-24)35-23-26-9-4-3-5-10-26/h3-6,9-11,14,19-22,32H,7-8,12-13,15-18,23H2,1-2H3. The number of methoxy groups -OCH3 is 2. The zero-order valence-corrected chi connectivity index (χ0v) is 21.0. The molecule has 0 spiro atoms. The molecule has 0 saturated carbocycles. The van der Waals surface area contributed by atoms with Gasteiger partial charge in [0.25, 0.3) is 0 Å². The second-order valence-corrected chi connectivity index (χ2v) is 9.09. The van der Waals surface area contributed by atoms with Crippen LogP contribution in [0.3, 0.4) is 0 Å². The minimum atomic E-state index is 0.607. The van der Waals surface area contributed by atoms with Gasteiger partial charge in [0.05, 0.1) is 14.2 Å². The monoisotopic (exact) mass is 471 g/mol. The van der Waals surface area contributed by atoms with Gasteiger partial charge in [-0.05, 0) is 98.1 Å². The summed E-state index contributed by atoms with van der Waals surface area (Å²) in [5.41, 5.74) is 6.66. The Labute approximate surface area is 209 Å². The lowest BCUT2D eigenvalue weighted by Gasteiger charge is -2.19. The van der Waals surface area contributed by atoms with Crippen molar-refractivity contribution >= 4 is 6.08 Å². The Kier molecular flexibility index (Phi) is 9.24. The molecule has 0 aliphatic heterocycles. The number of ether oxygens (including phenoxy) is 3. The number of nitrogens with one attached hydrogen (secondary N) is 1. The summed E-state index contributed by atoms with van der Waals surface area (Å²) in [7, 11) is 3.39. The molecule has 3 aromatic carbocycles. The molecule has 35 heavy (non-hydrogen) atoms. The third kappa shape index (κ3) is 7.37. The van der Waals surface area contributed by atoms with E-state index in [9.17, 15) is 0 Å². The number of hydrogen-bond acceptors (Lipinski definition) is 4. The first-order chi connectivity index (χ1) is 17.2. The lowest BCUT2D eigenvalue weighted by molar-refractivity contribution is 0.306. The van der Waals surface area contributed by atoms with E-state index in [1.807, 2.05) is 24.3 Å². The van der Waals surface area contributed by atoms with Crippen LogP contribution in [-0.4, -0.2) is 27.3 Å². The molecule has 1 aliphatic carbocycles. The maximum Gasteiger partial charge on any atom is 0.161 e. The van der Waals surface area contributed by atoms with Gasteiger partial charge in [0, 0.05) is 0 Å². The predicted molar refractivity (Wildman–Crippen MR) is 143 cm³/mol. The second kappa shape index (κ2) is 13.0. The van der Waals surface area contributed by atoms with E-state index in [-0.39, 0.29) is 0 Å². The van der Waals surface area contributed by atoms with Crippen LogP contribution in [0.15, 0.2) is 72.3 Å². The summed E-state index contributed by atoms with van der Waals surface area (Å²) in [5, 5.41) is 3.61. The van der Waals surface area contributed by atoms with Crippen molar-refractivity contribution in [3.8, 4) is 17.2 Å². The topological polar surface area (TPSA) is 39.7 Å². The maximum absolute atomic E-state index is 5.96. The summed E-state index contributed by atoms with van der Waals surface area (Å²) in [6, 6.07) is 23.0. The van der Waals surface area contributed by atoms with Crippen molar-refractivity contribution < 1.29 is 14.2 Å². The van der Waals surface area contributed by atoms with E-state index >= 15 is 0 Å². The highest BCUT2D eigenvalue weighted by Crippen LogP contribution is 2.35. The van der Waals surface area contributed by atoms with E-state index in [4.69, 9.17) is 14.2 Å². The summed E-state index contributed by atoms with van der Waals surface area (Å²) < 4.78 is 16.9. The molecule has 4 rings (SSSR count). The van der Waals surface area contributed by atoms with Crippen LogP contribution in [0, 0.1) is 0 Å². The third-order valence-corrected chi connectivity index (χ3v) is 6.54. The Balaban J connectivity index is 1.14. The molecular weight excluding hydrogens is 434 g/mol. The molecule has 0 heterocycles. The molecule has 184 valence electrons. The summed E-state index contributed by atoms with van der Waals surface area (Å²) in [6.45, 7) is 2.69. The first-order valence-electron chi connectivity index (χ1n) is 12.7. The van der Waals surface area contributed by atoms with E-state index < -0.39 is 0 Å². The van der Waals surface area contributed by atoms with Gasteiger partial charge in [-0.3, -0.25) is 0 Å². The first-order valence-corrected chi connectivity index (χ1v) is 12.7.